The molecule has 0 N–H and O–H groups in total. The number of nitrogens with zero attached hydrogens (tertiary/aromatic N) is 5. The van der Waals surface area contributed by atoms with Crippen LogP contribution < -0.4 is 0 Å². The van der Waals surface area contributed by atoms with Crippen molar-refractivity contribution >= 4 is 5.69 Å². The van der Waals surface area contributed by atoms with Gasteiger partial charge in [0, 0.05) is 0 Å². The van der Waals surface area contributed by atoms with Crippen LogP contribution in [0.15, 0.2) is 53.1 Å². The Morgan fingerprint density at radius 1 is 1.15 bits per heavy atom. The lowest BCUT2D eigenvalue weighted by Gasteiger charge is -1.88. The summed E-state index contributed by atoms with van der Waals surface area (Å²) in [6.07, 6.45) is 3.16. The summed E-state index contributed by atoms with van der Waals surface area (Å²) in [5.41, 5.74) is 0.790. The molecular weight excluding hydrogens is 166 g/mol. The molecule has 2 aromatic rings. The fourth-order valence-electron chi connectivity index (χ4n) is 0.842. The molecule has 0 aliphatic rings. The molecule has 0 unspecified atom stereocenters. The minimum Gasteiger partial charge on any atom is -0.137 e. The van der Waals surface area contributed by atoms with Crippen LogP contribution in [0.3, 0.4) is 0 Å². The van der Waals surface area contributed by atoms with Crippen molar-refractivity contribution in [2.75, 3.05) is 0 Å². The van der Waals surface area contributed by atoms with Gasteiger partial charge in [0.2, 0.25) is 0 Å². The fraction of sp³-hybridized carbons (Fsp3) is 0. The summed E-state index contributed by atoms with van der Waals surface area (Å²) in [5, 5.41) is 15.0. The first-order valence-corrected chi connectivity index (χ1v) is 3.78. The van der Waals surface area contributed by atoms with E-state index in [0.717, 1.165) is 5.69 Å². The molecule has 1 aromatic heterocycles. The van der Waals surface area contributed by atoms with E-state index in [1.54, 1.807) is 12.4 Å². The quantitative estimate of drug-likeness (QED) is 0.650. The number of aromatic nitrogens is 3. The molecule has 0 atom stereocenters. The van der Waals surface area contributed by atoms with Crippen LogP contribution in [0.1, 0.15) is 0 Å². The van der Waals surface area contributed by atoms with Crippen molar-refractivity contribution in [2.45, 2.75) is 0 Å². The zero-order valence-electron chi connectivity index (χ0n) is 6.78. The van der Waals surface area contributed by atoms with Crippen molar-refractivity contribution in [1.82, 2.24) is 15.1 Å². The van der Waals surface area contributed by atoms with Gasteiger partial charge in [0.25, 0.3) is 0 Å². The lowest BCUT2D eigenvalue weighted by Crippen LogP contribution is -1.86. The topological polar surface area (TPSA) is 55.4 Å². The summed E-state index contributed by atoms with van der Waals surface area (Å²) in [5.74, 6) is 0. The zero-order valence-corrected chi connectivity index (χ0v) is 6.78. The lowest BCUT2D eigenvalue weighted by molar-refractivity contribution is 0.654. The van der Waals surface area contributed by atoms with Crippen molar-refractivity contribution in [3.63, 3.8) is 0 Å². The largest absolute Gasteiger partial charge is 0.137 e. The van der Waals surface area contributed by atoms with E-state index < -0.39 is 0 Å². The number of benzene rings is 1. The van der Waals surface area contributed by atoms with Gasteiger partial charge >= 0.3 is 0 Å². The van der Waals surface area contributed by atoms with E-state index >= 15 is 0 Å². The smallest absolute Gasteiger partial charge is 0.0875 e. The highest BCUT2D eigenvalue weighted by molar-refractivity contribution is 5.34. The molecule has 0 radical (unpaired) electrons. The number of hydrogen-bond donors (Lipinski definition) is 0. The highest BCUT2D eigenvalue weighted by Gasteiger charge is 1.86. The normalized spacial score (nSPS) is 10.8. The van der Waals surface area contributed by atoms with Gasteiger partial charge in [-0.05, 0) is 22.6 Å². The molecule has 1 aromatic carbocycles. The molecule has 13 heavy (non-hydrogen) atoms. The maximum Gasteiger partial charge on any atom is 0.0875 e. The van der Waals surface area contributed by atoms with Crippen molar-refractivity contribution in [3.05, 3.63) is 42.7 Å². The lowest BCUT2D eigenvalue weighted by atomic mass is 10.3. The Labute approximate surface area is 74.7 Å². The summed E-state index contributed by atoms with van der Waals surface area (Å²) in [4.78, 5) is 1.30. The summed E-state index contributed by atoms with van der Waals surface area (Å²) >= 11 is 0. The van der Waals surface area contributed by atoms with Crippen molar-refractivity contribution in [2.24, 2.45) is 10.3 Å². The Morgan fingerprint density at radius 3 is 2.69 bits per heavy atom. The first kappa shape index (κ1) is 7.60. The average molecular weight is 173 g/mol. The molecule has 0 aliphatic heterocycles. The Morgan fingerprint density at radius 2 is 2.00 bits per heavy atom. The van der Waals surface area contributed by atoms with Crippen LogP contribution in [-0.2, 0) is 0 Å². The molecule has 0 bridgehead atoms. The van der Waals surface area contributed by atoms with E-state index in [0.29, 0.717) is 0 Å². The molecule has 0 fully saturated rings. The predicted molar refractivity (Wildman–Crippen MR) is 46.4 cm³/mol. The van der Waals surface area contributed by atoms with Gasteiger partial charge in [-0.25, -0.2) is 0 Å². The van der Waals surface area contributed by atoms with Crippen molar-refractivity contribution in [3.8, 4) is 0 Å². The van der Waals surface area contributed by atoms with E-state index in [9.17, 15) is 0 Å². The molecular formula is C8H7N5. The van der Waals surface area contributed by atoms with Crippen LogP contribution in [0.5, 0.6) is 0 Å². The molecule has 64 valence electrons. The molecule has 5 heteroatoms. The van der Waals surface area contributed by atoms with Gasteiger partial charge in [0.05, 0.1) is 18.1 Å². The average Bonchev–Trinajstić information content (AvgIpc) is 2.69. The van der Waals surface area contributed by atoms with Gasteiger partial charge in [-0.3, -0.25) is 0 Å². The second-order valence-electron chi connectivity index (χ2n) is 2.35. The van der Waals surface area contributed by atoms with Crippen LogP contribution in [0.25, 0.3) is 0 Å². The second kappa shape index (κ2) is 3.57. The van der Waals surface area contributed by atoms with Crippen LogP contribution in [0.4, 0.5) is 5.69 Å². The minimum absolute atomic E-state index is 0.790. The Bertz CT molecular complexity index is 378. The number of hydrogen-bond acceptors (Lipinski definition) is 4. The predicted octanol–water partition coefficient (Wildman–Crippen LogP) is 1.83. The van der Waals surface area contributed by atoms with Gasteiger partial charge in [-0.15, -0.1) is 15.0 Å². The molecule has 1 heterocycles. The molecule has 0 spiro atoms. The zero-order chi connectivity index (χ0) is 8.93. The SMILES string of the molecule is c1ccc(/N=N/n2ccnn2)cc1. The Kier molecular flexibility index (Phi) is 2.09. The first-order valence-electron chi connectivity index (χ1n) is 3.78. The molecule has 0 aliphatic carbocycles. The van der Waals surface area contributed by atoms with Crippen LogP contribution >= 0.6 is 0 Å². The van der Waals surface area contributed by atoms with Crippen molar-refractivity contribution < 1.29 is 0 Å². The molecule has 0 amide bonds. The van der Waals surface area contributed by atoms with Gasteiger partial charge in [0.1, 0.15) is 0 Å². The fourth-order valence-corrected chi connectivity index (χ4v) is 0.842. The summed E-state index contributed by atoms with van der Waals surface area (Å²) in [7, 11) is 0. The first-order chi connectivity index (χ1) is 6.45. The standard InChI is InChI=1S/C8H7N5/c1-2-4-8(5-3-1)10-12-13-7-6-9-11-13/h1-7H/b12-10+. The van der Waals surface area contributed by atoms with Crippen molar-refractivity contribution in [1.29, 1.82) is 0 Å². The highest BCUT2D eigenvalue weighted by atomic mass is 15.6. The highest BCUT2D eigenvalue weighted by Crippen LogP contribution is 2.09. The minimum atomic E-state index is 0.790. The third-order valence-electron chi connectivity index (χ3n) is 1.42. The van der Waals surface area contributed by atoms with Crippen LogP contribution in [0, 0.1) is 0 Å². The van der Waals surface area contributed by atoms with Gasteiger partial charge in [-0.1, -0.05) is 18.2 Å². The molecule has 5 nitrogen and oxygen atoms in total. The maximum absolute atomic E-state index is 3.93. The van der Waals surface area contributed by atoms with E-state index in [1.165, 1.54) is 4.79 Å². The monoisotopic (exact) mass is 173 g/mol. The second-order valence-corrected chi connectivity index (χ2v) is 2.35. The third kappa shape index (κ3) is 1.96. The van der Waals surface area contributed by atoms with E-state index in [4.69, 9.17) is 0 Å². The van der Waals surface area contributed by atoms with Gasteiger partial charge in [0.15, 0.2) is 0 Å². The summed E-state index contributed by atoms with van der Waals surface area (Å²) in [6.45, 7) is 0. The van der Waals surface area contributed by atoms with Crippen LogP contribution in [-0.4, -0.2) is 15.1 Å². The summed E-state index contributed by atoms with van der Waals surface area (Å²) in [6, 6.07) is 9.45. The Balaban J connectivity index is 2.15. The summed E-state index contributed by atoms with van der Waals surface area (Å²) < 4.78 is 0. The number of rotatable bonds is 2. The van der Waals surface area contributed by atoms with Crippen LogP contribution in [0.2, 0.25) is 0 Å². The Hall–Kier alpha value is -2.04. The molecule has 0 saturated carbocycles. The molecule has 0 saturated heterocycles. The molecule has 2 rings (SSSR count). The van der Waals surface area contributed by atoms with E-state index in [2.05, 4.69) is 20.6 Å². The van der Waals surface area contributed by atoms with E-state index in [-0.39, 0.29) is 0 Å². The van der Waals surface area contributed by atoms with Gasteiger partial charge < -0.3 is 0 Å². The maximum atomic E-state index is 3.93. The van der Waals surface area contributed by atoms with E-state index in [1.807, 2.05) is 30.3 Å². The van der Waals surface area contributed by atoms with Gasteiger partial charge in [-0.2, -0.15) is 0 Å². The third-order valence-corrected chi connectivity index (χ3v) is 1.42.